The second-order valence-electron chi connectivity index (χ2n) is 8.06. The summed E-state index contributed by atoms with van der Waals surface area (Å²) < 4.78 is 11.8. The van der Waals surface area contributed by atoms with Crippen LogP contribution in [0.25, 0.3) is 0 Å². The molecule has 0 radical (unpaired) electrons. The molecular weight excluding hydrogens is 290 g/mol. The highest BCUT2D eigenvalue weighted by Gasteiger charge is 2.56. The molecule has 3 heterocycles. The molecule has 2 bridgehead atoms. The predicted octanol–water partition coefficient (Wildman–Crippen LogP) is 3.31. The summed E-state index contributed by atoms with van der Waals surface area (Å²) in [4.78, 5) is 15.1. The molecule has 130 valence electrons. The largest absolute Gasteiger partial charge is 0.501 e. The Morgan fingerprint density at radius 3 is 2.70 bits per heavy atom. The number of hydrogen-bond acceptors (Lipinski definition) is 4. The van der Waals surface area contributed by atoms with Crippen LogP contribution in [-0.2, 0) is 14.3 Å². The molecule has 3 saturated heterocycles. The summed E-state index contributed by atoms with van der Waals surface area (Å²) in [7, 11) is 0. The summed E-state index contributed by atoms with van der Waals surface area (Å²) in [6, 6.07) is 0. The number of Topliss-reactive ketones (excluding diaryl/α,β-unsaturated/α-hetero) is 1. The number of fused-ring (bicyclic) bond motifs is 3. The monoisotopic (exact) mass is 321 g/mol. The molecule has 1 saturated carbocycles. The van der Waals surface area contributed by atoms with Crippen molar-refractivity contribution in [2.24, 2.45) is 5.92 Å². The van der Waals surface area contributed by atoms with Crippen LogP contribution in [0, 0.1) is 5.92 Å². The number of rotatable bonds is 5. The van der Waals surface area contributed by atoms with Crippen LogP contribution in [0.5, 0.6) is 0 Å². The topological polar surface area (TPSA) is 38.8 Å². The fourth-order valence-corrected chi connectivity index (χ4v) is 4.46. The molecule has 0 aromatic rings. The summed E-state index contributed by atoms with van der Waals surface area (Å²) in [5.41, 5.74) is -0.0847. The molecule has 1 aliphatic carbocycles. The minimum Gasteiger partial charge on any atom is -0.501 e. The molecule has 4 rings (SSSR count). The minimum absolute atomic E-state index is 0.129. The fourth-order valence-electron chi connectivity index (χ4n) is 4.46. The standard InChI is InChI=1S/C19H31NO3/c1-18(2)16-8-9-19(3,23-18)17(21)15(16)14-22-13-7-12-20-10-5-4-6-11-20/h14,16H,4-13H2,1-3H3/b15-14-. The molecule has 0 amide bonds. The first-order chi connectivity index (χ1) is 10.9. The molecule has 23 heavy (non-hydrogen) atoms. The highest BCUT2D eigenvalue weighted by Crippen LogP contribution is 2.50. The van der Waals surface area contributed by atoms with E-state index in [0.717, 1.165) is 31.4 Å². The van der Waals surface area contributed by atoms with Crippen LogP contribution < -0.4 is 0 Å². The van der Waals surface area contributed by atoms with E-state index in [9.17, 15) is 4.79 Å². The van der Waals surface area contributed by atoms with Gasteiger partial charge in [0.25, 0.3) is 0 Å². The van der Waals surface area contributed by atoms with Gasteiger partial charge in [0, 0.05) is 18.0 Å². The van der Waals surface area contributed by atoms with Crippen LogP contribution in [0.3, 0.4) is 0 Å². The van der Waals surface area contributed by atoms with E-state index >= 15 is 0 Å². The van der Waals surface area contributed by atoms with Gasteiger partial charge in [-0.15, -0.1) is 0 Å². The number of ether oxygens (including phenoxy) is 2. The van der Waals surface area contributed by atoms with E-state index in [-0.39, 0.29) is 17.3 Å². The molecule has 0 aromatic heterocycles. The van der Waals surface area contributed by atoms with Gasteiger partial charge in [0.2, 0.25) is 0 Å². The Labute approximate surface area is 140 Å². The maximum absolute atomic E-state index is 12.6. The predicted molar refractivity (Wildman–Crippen MR) is 90.2 cm³/mol. The van der Waals surface area contributed by atoms with Crippen LogP contribution in [-0.4, -0.2) is 48.1 Å². The van der Waals surface area contributed by atoms with Crippen LogP contribution in [0.15, 0.2) is 11.8 Å². The second-order valence-corrected chi connectivity index (χ2v) is 8.06. The first-order valence-corrected chi connectivity index (χ1v) is 9.21. The van der Waals surface area contributed by atoms with Crippen molar-refractivity contribution < 1.29 is 14.3 Å². The van der Waals surface area contributed by atoms with Crippen LogP contribution in [0.2, 0.25) is 0 Å². The van der Waals surface area contributed by atoms with Crippen molar-refractivity contribution >= 4 is 5.78 Å². The highest BCUT2D eigenvalue weighted by molar-refractivity contribution is 6.03. The molecule has 0 spiro atoms. The van der Waals surface area contributed by atoms with E-state index in [2.05, 4.69) is 18.7 Å². The molecule has 2 unspecified atom stereocenters. The third-order valence-electron chi connectivity index (χ3n) is 5.75. The summed E-state index contributed by atoms with van der Waals surface area (Å²) in [6.45, 7) is 10.4. The summed E-state index contributed by atoms with van der Waals surface area (Å²) >= 11 is 0. The lowest BCUT2D eigenvalue weighted by Gasteiger charge is -2.53. The van der Waals surface area contributed by atoms with Crippen molar-refractivity contribution in [1.29, 1.82) is 0 Å². The number of nitrogens with zero attached hydrogens (tertiary/aromatic N) is 1. The Morgan fingerprint density at radius 1 is 1.26 bits per heavy atom. The van der Waals surface area contributed by atoms with Gasteiger partial charge in [-0.05, 0) is 66.0 Å². The highest BCUT2D eigenvalue weighted by atomic mass is 16.5. The van der Waals surface area contributed by atoms with E-state index in [4.69, 9.17) is 9.47 Å². The van der Waals surface area contributed by atoms with E-state index in [0.29, 0.717) is 6.61 Å². The number of likely N-dealkylation sites (tertiary alicyclic amines) is 1. The Bertz CT molecular complexity index is 479. The van der Waals surface area contributed by atoms with Gasteiger partial charge in [0.05, 0.1) is 18.5 Å². The Kier molecular flexibility index (Phi) is 4.84. The number of ketones is 1. The molecule has 3 aliphatic heterocycles. The molecule has 4 nitrogen and oxygen atoms in total. The Hall–Kier alpha value is -0.870. The first kappa shape index (κ1) is 17.0. The number of piperidine rings is 1. The van der Waals surface area contributed by atoms with Crippen molar-refractivity contribution in [3.05, 3.63) is 11.8 Å². The van der Waals surface area contributed by atoms with E-state index in [1.807, 2.05) is 6.92 Å². The average Bonchev–Trinajstić information content (AvgIpc) is 2.50. The van der Waals surface area contributed by atoms with Crippen molar-refractivity contribution in [3.8, 4) is 0 Å². The van der Waals surface area contributed by atoms with Crippen LogP contribution in [0.4, 0.5) is 0 Å². The van der Waals surface area contributed by atoms with E-state index < -0.39 is 5.60 Å². The van der Waals surface area contributed by atoms with Crippen molar-refractivity contribution in [2.45, 2.75) is 70.5 Å². The van der Waals surface area contributed by atoms with Gasteiger partial charge in [0.15, 0.2) is 5.78 Å². The zero-order valence-electron chi connectivity index (χ0n) is 14.9. The van der Waals surface area contributed by atoms with Crippen LogP contribution >= 0.6 is 0 Å². The van der Waals surface area contributed by atoms with Gasteiger partial charge >= 0.3 is 0 Å². The second kappa shape index (κ2) is 6.56. The zero-order chi connectivity index (χ0) is 16.5. The zero-order valence-corrected chi connectivity index (χ0v) is 14.9. The van der Waals surface area contributed by atoms with Gasteiger partial charge in [-0.1, -0.05) is 6.42 Å². The smallest absolute Gasteiger partial charge is 0.193 e. The molecule has 0 aromatic carbocycles. The number of carbonyl (C=O) groups excluding carboxylic acids is 1. The fraction of sp³-hybridized carbons (Fsp3) is 0.842. The summed E-state index contributed by atoms with van der Waals surface area (Å²) in [5.74, 6) is 0.294. The summed E-state index contributed by atoms with van der Waals surface area (Å²) in [5, 5.41) is 0. The minimum atomic E-state index is -0.652. The van der Waals surface area contributed by atoms with E-state index in [1.165, 1.54) is 32.4 Å². The Morgan fingerprint density at radius 2 is 2.00 bits per heavy atom. The molecule has 4 fully saturated rings. The lowest BCUT2D eigenvalue weighted by atomic mass is 9.65. The SMILES string of the molecule is CC12CCC(/C(=C/OCCCN3CCCCC3)C1=O)C(C)(C)O2. The van der Waals surface area contributed by atoms with Crippen molar-refractivity contribution in [3.63, 3.8) is 0 Å². The van der Waals surface area contributed by atoms with Crippen LogP contribution in [0.1, 0.15) is 59.3 Å². The van der Waals surface area contributed by atoms with E-state index in [1.54, 1.807) is 6.26 Å². The maximum Gasteiger partial charge on any atom is 0.193 e. The first-order valence-electron chi connectivity index (χ1n) is 9.21. The molecule has 2 atom stereocenters. The van der Waals surface area contributed by atoms with Gasteiger partial charge in [0.1, 0.15) is 5.60 Å². The van der Waals surface area contributed by atoms with Crippen molar-refractivity contribution in [1.82, 2.24) is 4.90 Å². The number of hydrogen-bond donors (Lipinski definition) is 0. The van der Waals surface area contributed by atoms with Gasteiger partial charge in [-0.2, -0.15) is 0 Å². The molecule has 0 N–H and O–H groups in total. The molecule has 4 aliphatic rings. The average molecular weight is 321 g/mol. The lowest BCUT2D eigenvalue weighted by Crippen LogP contribution is -2.60. The van der Waals surface area contributed by atoms with Gasteiger partial charge in [-0.25, -0.2) is 0 Å². The Balaban J connectivity index is 1.51. The summed E-state index contributed by atoms with van der Waals surface area (Å²) in [6.07, 6.45) is 8.64. The lowest BCUT2D eigenvalue weighted by molar-refractivity contribution is -0.207. The number of carbonyl (C=O) groups is 1. The normalized spacial score (nSPS) is 35.7. The maximum atomic E-state index is 12.6. The van der Waals surface area contributed by atoms with Gasteiger partial charge < -0.3 is 14.4 Å². The third kappa shape index (κ3) is 3.48. The van der Waals surface area contributed by atoms with Gasteiger partial charge in [-0.3, -0.25) is 4.79 Å². The van der Waals surface area contributed by atoms with Crippen molar-refractivity contribution in [2.75, 3.05) is 26.2 Å². The molecule has 4 heteroatoms. The third-order valence-corrected chi connectivity index (χ3v) is 5.75. The quantitative estimate of drug-likeness (QED) is 0.442. The molecular formula is C19H31NO3.